The average molecular weight is 390 g/mol. The molecule has 0 aliphatic heterocycles. The summed E-state index contributed by atoms with van der Waals surface area (Å²) in [5, 5.41) is 40.3. The number of aromatic amines is 1. The molecule has 8 nitrogen and oxygen atoms in total. The van der Waals surface area contributed by atoms with Gasteiger partial charge in [-0.1, -0.05) is 6.07 Å². The quantitative estimate of drug-likeness (QED) is 0.353. The number of fused-ring (bicyclic) bond motifs is 1. The Morgan fingerprint density at radius 1 is 1.15 bits per heavy atom. The molecule has 0 bridgehead atoms. The largest absolute Gasteiger partial charge is 0.421 e. The number of carbonyl (C=O) groups is 1. The standard InChI is InChI=1S/C16H17F3N2O6/c17-16(18,19)9-3-7-1-2-8(4-10(7)21-15(9)27)20-11(5-22)13(25)14(26)12(24)6-23/h1-5,11-14,20,23-26H,6H2,(H,21,27)/t11-,12+,13+,14+/m1/s1. The second-order valence-electron chi connectivity index (χ2n) is 5.85. The summed E-state index contributed by atoms with van der Waals surface area (Å²) in [6, 6.07) is 3.09. The molecule has 0 saturated carbocycles. The Hall–Kier alpha value is -2.47. The Bertz CT molecular complexity index is 869. The molecule has 0 radical (unpaired) electrons. The van der Waals surface area contributed by atoms with E-state index in [2.05, 4.69) is 10.3 Å². The van der Waals surface area contributed by atoms with Gasteiger partial charge in [-0.05, 0) is 23.6 Å². The van der Waals surface area contributed by atoms with Crippen molar-refractivity contribution in [3.05, 3.63) is 40.2 Å². The smallest absolute Gasteiger partial charge is 0.394 e. The molecule has 2 aromatic rings. The molecule has 11 heteroatoms. The molecule has 0 saturated heterocycles. The molecule has 2 rings (SSSR count). The molecule has 0 aliphatic carbocycles. The van der Waals surface area contributed by atoms with Gasteiger partial charge in [0.25, 0.3) is 5.56 Å². The summed E-state index contributed by atoms with van der Waals surface area (Å²) < 4.78 is 38.3. The van der Waals surface area contributed by atoms with Gasteiger partial charge in [0.05, 0.1) is 12.1 Å². The number of pyridine rings is 1. The first kappa shape index (κ1) is 20.8. The van der Waals surface area contributed by atoms with E-state index in [0.717, 1.165) is 0 Å². The third-order valence-corrected chi connectivity index (χ3v) is 3.93. The van der Waals surface area contributed by atoms with E-state index in [1.807, 2.05) is 0 Å². The zero-order valence-corrected chi connectivity index (χ0v) is 13.6. The van der Waals surface area contributed by atoms with Crippen LogP contribution < -0.4 is 10.9 Å². The summed E-state index contributed by atoms with van der Waals surface area (Å²) in [5.41, 5.74) is -2.48. The second-order valence-corrected chi connectivity index (χ2v) is 5.85. The normalized spacial score (nSPS) is 16.6. The molecule has 0 aliphatic rings. The second kappa shape index (κ2) is 8.05. The molecule has 4 atom stereocenters. The third kappa shape index (κ3) is 4.63. The summed E-state index contributed by atoms with van der Waals surface area (Å²) >= 11 is 0. The molecule has 6 N–H and O–H groups in total. The average Bonchev–Trinajstić information content (AvgIpc) is 2.62. The van der Waals surface area contributed by atoms with Crippen molar-refractivity contribution in [1.29, 1.82) is 0 Å². The van der Waals surface area contributed by atoms with Gasteiger partial charge in [0, 0.05) is 5.69 Å². The van der Waals surface area contributed by atoms with Crippen LogP contribution in [0.4, 0.5) is 18.9 Å². The number of alkyl halides is 3. The number of nitrogens with one attached hydrogen (secondary N) is 2. The van der Waals surface area contributed by atoms with Crippen LogP contribution in [0.3, 0.4) is 0 Å². The van der Waals surface area contributed by atoms with Crippen LogP contribution in [0.15, 0.2) is 29.1 Å². The Morgan fingerprint density at radius 2 is 1.81 bits per heavy atom. The van der Waals surface area contributed by atoms with Gasteiger partial charge < -0.3 is 35.5 Å². The van der Waals surface area contributed by atoms with Crippen molar-refractivity contribution in [3.8, 4) is 0 Å². The van der Waals surface area contributed by atoms with Crippen LogP contribution in [-0.2, 0) is 11.0 Å². The number of anilines is 1. The van der Waals surface area contributed by atoms with Crippen molar-refractivity contribution < 1.29 is 38.4 Å². The fourth-order valence-corrected chi connectivity index (χ4v) is 2.44. The Balaban J connectivity index is 2.31. The minimum absolute atomic E-state index is 0.0491. The fraction of sp³-hybridized carbons (Fsp3) is 0.375. The molecule has 0 spiro atoms. The molecule has 1 aromatic heterocycles. The summed E-state index contributed by atoms with van der Waals surface area (Å²) in [7, 11) is 0. The van der Waals surface area contributed by atoms with E-state index in [4.69, 9.17) is 5.11 Å². The van der Waals surface area contributed by atoms with E-state index in [0.29, 0.717) is 6.07 Å². The summed E-state index contributed by atoms with van der Waals surface area (Å²) in [4.78, 5) is 24.9. The number of rotatable bonds is 7. The highest BCUT2D eigenvalue weighted by Crippen LogP contribution is 2.28. The van der Waals surface area contributed by atoms with Gasteiger partial charge in [0.15, 0.2) is 0 Å². The lowest BCUT2D eigenvalue weighted by Crippen LogP contribution is -2.49. The van der Waals surface area contributed by atoms with Crippen molar-refractivity contribution in [2.75, 3.05) is 11.9 Å². The molecule has 27 heavy (non-hydrogen) atoms. The molecule has 148 valence electrons. The van der Waals surface area contributed by atoms with Crippen LogP contribution in [0.2, 0.25) is 0 Å². The van der Waals surface area contributed by atoms with Gasteiger partial charge >= 0.3 is 6.18 Å². The van der Waals surface area contributed by atoms with Crippen molar-refractivity contribution in [3.63, 3.8) is 0 Å². The number of halogens is 3. The van der Waals surface area contributed by atoms with Crippen molar-refractivity contribution in [2.45, 2.75) is 30.5 Å². The highest BCUT2D eigenvalue weighted by molar-refractivity contribution is 5.83. The molecule has 0 amide bonds. The number of aliphatic hydroxyl groups is 4. The summed E-state index contributed by atoms with van der Waals surface area (Å²) in [6.45, 7) is -0.845. The minimum Gasteiger partial charge on any atom is -0.394 e. The lowest BCUT2D eigenvalue weighted by atomic mass is 10.0. The zero-order chi connectivity index (χ0) is 20.4. The highest BCUT2D eigenvalue weighted by Gasteiger charge is 2.34. The van der Waals surface area contributed by atoms with E-state index >= 15 is 0 Å². The number of carbonyl (C=O) groups excluding carboxylic acids is 1. The fourth-order valence-electron chi connectivity index (χ4n) is 2.44. The minimum atomic E-state index is -4.81. The van der Waals surface area contributed by atoms with Crippen LogP contribution in [0, 0.1) is 0 Å². The maximum Gasteiger partial charge on any atom is 0.421 e. The van der Waals surface area contributed by atoms with Crippen molar-refractivity contribution >= 4 is 22.9 Å². The summed E-state index contributed by atoms with van der Waals surface area (Å²) in [6.07, 6.45) is -9.86. The first-order valence-corrected chi connectivity index (χ1v) is 7.69. The molecular weight excluding hydrogens is 373 g/mol. The Kier molecular flexibility index (Phi) is 6.21. The maximum atomic E-state index is 12.8. The number of H-pyrrole nitrogens is 1. The van der Waals surface area contributed by atoms with E-state index in [-0.39, 0.29) is 22.9 Å². The lowest BCUT2D eigenvalue weighted by Gasteiger charge is -2.26. The van der Waals surface area contributed by atoms with Crippen LogP contribution in [0.5, 0.6) is 0 Å². The van der Waals surface area contributed by atoms with Crippen LogP contribution in [-0.4, -0.2) is 62.7 Å². The Labute approximate surface area is 149 Å². The number of aldehydes is 1. The third-order valence-electron chi connectivity index (χ3n) is 3.93. The number of aliphatic hydroxyl groups excluding tert-OH is 4. The SMILES string of the molecule is O=C[C@@H](Nc1ccc2cc(C(F)(F)F)c(=O)[nH]c2c1)[C@H](O)[C@@H](O)[C@@H](O)CO. The highest BCUT2D eigenvalue weighted by atomic mass is 19.4. The van der Waals surface area contributed by atoms with E-state index in [1.54, 1.807) is 0 Å². The van der Waals surface area contributed by atoms with Crippen LogP contribution >= 0.6 is 0 Å². The zero-order valence-electron chi connectivity index (χ0n) is 13.6. The van der Waals surface area contributed by atoms with E-state index in [9.17, 15) is 38.1 Å². The van der Waals surface area contributed by atoms with E-state index < -0.39 is 48.3 Å². The predicted octanol–water partition coefficient (Wildman–Crippen LogP) is -0.399. The van der Waals surface area contributed by atoms with Gasteiger partial charge in [-0.15, -0.1) is 0 Å². The maximum absolute atomic E-state index is 12.8. The number of aromatic nitrogens is 1. The van der Waals surface area contributed by atoms with Crippen molar-refractivity contribution in [2.24, 2.45) is 0 Å². The van der Waals surface area contributed by atoms with Gasteiger partial charge in [-0.25, -0.2) is 0 Å². The lowest BCUT2D eigenvalue weighted by molar-refractivity contribution is -0.138. The Morgan fingerprint density at radius 3 is 2.37 bits per heavy atom. The number of hydrogen-bond donors (Lipinski definition) is 6. The number of benzene rings is 1. The monoisotopic (exact) mass is 390 g/mol. The van der Waals surface area contributed by atoms with Crippen molar-refractivity contribution in [1.82, 2.24) is 4.98 Å². The van der Waals surface area contributed by atoms with Crippen LogP contribution in [0.25, 0.3) is 10.9 Å². The molecular formula is C16H17F3N2O6. The van der Waals surface area contributed by atoms with E-state index in [1.165, 1.54) is 18.2 Å². The first-order valence-electron chi connectivity index (χ1n) is 7.69. The first-order chi connectivity index (χ1) is 12.6. The van der Waals surface area contributed by atoms with Gasteiger partial charge in [-0.2, -0.15) is 13.2 Å². The van der Waals surface area contributed by atoms with Gasteiger partial charge in [-0.3, -0.25) is 4.79 Å². The number of hydrogen-bond acceptors (Lipinski definition) is 7. The molecule has 1 heterocycles. The summed E-state index contributed by atoms with van der Waals surface area (Å²) in [5.74, 6) is 0. The topological polar surface area (TPSA) is 143 Å². The molecule has 1 aromatic carbocycles. The van der Waals surface area contributed by atoms with Gasteiger partial charge in [0.2, 0.25) is 0 Å². The predicted molar refractivity (Wildman–Crippen MR) is 88.2 cm³/mol. The molecule has 0 unspecified atom stereocenters. The van der Waals surface area contributed by atoms with Crippen LogP contribution in [0.1, 0.15) is 5.56 Å². The van der Waals surface area contributed by atoms with Gasteiger partial charge in [0.1, 0.15) is 36.2 Å². The molecule has 0 fully saturated rings.